The summed E-state index contributed by atoms with van der Waals surface area (Å²) >= 11 is 0. The van der Waals surface area contributed by atoms with E-state index in [1.165, 1.54) is 0 Å². The Balaban J connectivity index is 1.90. The second-order valence-corrected chi connectivity index (χ2v) is 6.99. The van der Waals surface area contributed by atoms with Crippen LogP contribution in [0.3, 0.4) is 0 Å². The summed E-state index contributed by atoms with van der Waals surface area (Å²) in [5.41, 5.74) is 5.86. The molecule has 0 bridgehead atoms. The van der Waals surface area contributed by atoms with Crippen molar-refractivity contribution in [3.05, 3.63) is 0 Å². The number of carbonyl (C=O) groups excluding carboxylic acids is 1. The van der Waals surface area contributed by atoms with Crippen LogP contribution in [0.5, 0.6) is 0 Å². The van der Waals surface area contributed by atoms with Gasteiger partial charge in [-0.15, -0.1) is 0 Å². The first-order valence-electron chi connectivity index (χ1n) is 7.63. The van der Waals surface area contributed by atoms with Crippen LogP contribution in [0.1, 0.15) is 47.0 Å². The monoisotopic (exact) mass is 284 g/mol. The van der Waals surface area contributed by atoms with Gasteiger partial charge in [-0.05, 0) is 47.0 Å². The van der Waals surface area contributed by atoms with Gasteiger partial charge in [0.25, 0.3) is 0 Å². The molecule has 2 N–H and O–H groups in total. The highest BCUT2D eigenvalue weighted by Crippen LogP contribution is 2.50. The summed E-state index contributed by atoms with van der Waals surface area (Å²) in [5, 5.41) is 0. The summed E-state index contributed by atoms with van der Waals surface area (Å²) in [4.78, 5) is 13.9. The molecule has 20 heavy (non-hydrogen) atoms. The van der Waals surface area contributed by atoms with Crippen LogP contribution in [0.15, 0.2) is 0 Å². The predicted octanol–water partition coefficient (Wildman–Crippen LogP) is 2.14. The molecule has 1 spiro atoms. The van der Waals surface area contributed by atoms with Crippen molar-refractivity contribution in [2.45, 2.75) is 64.7 Å². The second-order valence-electron chi connectivity index (χ2n) is 6.99. The molecule has 0 aromatic rings. The van der Waals surface area contributed by atoms with Crippen molar-refractivity contribution >= 4 is 6.09 Å². The molecule has 116 valence electrons. The summed E-state index contributed by atoms with van der Waals surface area (Å²) < 4.78 is 11.2. The van der Waals surface area contributed by atoms with E-state index in [2.05, 4.69) is 0 Å². The van der Waals surface area contributed by atoms with Crippen LogP contribution in [0.2, 0.25) is 0 Å². The third-order valence-electron chi connectivity index (χ3n) is 4.56. The zero-order chi connectivity index (χ0) is 15.0. The summed E-state index contributed by atoms with van der Waals surface area (Å²) in [7, 11) is 0. The third kappa shape index (κ3) is 2.93. The molecule has 2 atom stereocenters. The molecule has 0 unspecified atom stereocenters. The van der Waals surface area contributed by atoms with E-state index in [1.54, 1.807) is 4.90 Å². The van der Waals surface area contributed by atoms with Crippen molar-refractivity contribution in [1.29, 1.82) is 0 Å². The van der Waals surface area contributed by atoms with E-state index in [4.69, 9.17) is 15.2 Å². The average Bonchev–Trinajstić information content (AvgIpc) is 2.37. The van der Waals surface area contributed by atoms with Crippen molar-refractivity contribution < 1.29 is 14.3 Å². The SMILES string of the molecule is CCO[C@H]1C[C@H](N)C12CCN(C(=O)OC(C)(C)C)CC2. The Labute approximate surface area is 121 Å². The molecular formula is C15H28N2O3. The topological polar surface area (TPSA) is 64.8 Å². The number of carbonyl (C=O) groups is 1. The lowest BCUT2D eigenvalue weighted by Crippen LogP contribution is -2.66. The number of hydrogen-bond donors (Lipinski definition) is 1. The van der Waals surface area contributed by atoms with Gasteiger partial charge in [0.15, 0.2) is 0 Å². The van der Waals surface area contributed by atoms with Gasteiger partial charge in [0.05, 0.1) is 6.10 Å². The van der Waals surface area contributed by atoms with E-state index in [0.717, 1.165) is 25.9 Å². The van der Waals surface area contributed by atoms with Crippen LogP contribution in [0, 0.1) is 5.41 Å². The Morgan fingerprint density at radius 2 is 1.95 bits per heavy atom. The summed E-state index contributed by atoms with van der Waals surface area (Å²) in [5.74, 6) is 0. The number of piperidine rings is 1. The maximum absolute atomic E-state index is 12.1. The molecule has 1 amide bonds. The summed E-state index contributed by atoms with van der Waals surface area (Å²) in [6.07, 6.45) is 2.83. The Kier molecular flexibility index (Phi) is 4.30. The smallest absolute Gasteiger partial charge is 0.410 e. The molecule has 0 radical (unpaired) electrons. The molecule has 2 fully saturated rings. The fourth-order valence-corrected chi connectivity index (χ4v) is 3.34. The van der Waals surface area contributed by atoms with E-state index in [9.17, 15) is 4.79 Å². The average molecular weight is 284 g/mol. The van der Waals surface area contributed by atoms with E-state index in [0.29, 0.717) is 13.1 Å². The summed E-state index contributed by atoms with van der Waals surface area (Å²) in [6, 6.07) is 0.208. The molecular weight excluding hydrogens is 256 g/mol. The number of rotatable bonds is 2. The Hall–Kier alpha value is -0.810. The van der Waals surface area contributed by atoms with Gasteiger partial charge < -0.3 is 20.1 Å². The molecule has 1 aliphatic carbocycles. The quantitative estimate of drug-likeness (QED) is 0.843. The van der Waals surface area contributed by atoms with Gasteiger partial charge in [0.1, 0.15) is 5.60 Å². The van der Waals surface area contributed by atoms with Gasteiger partial charge in [-0.3, -0.25) is 0 Å². The third-order valence-corrected chi connectivity index (χ3v) is 4.56. The van der Waals surface area contributed by atoms with E-state index in [-0.39, 0.29) is 23.7 Å². The van der Waals surface area contributed by atoms with Crippen molar-refractivity contribution in [2.75, 3.05) is 19.7 Å². The van der Waals surface area contributed by atoms with Gasteiger partial charge in [0, 0.05) is 31.2 Å². The van der Waals surface area contributed by atoms with Gasteiger partial charge in [-0.2, -0.15) is 0 Å². The van der Waals surface area contributed by atoms with E-state index in [1.807, 2.05) is 27.7 Å². The zero-order valence-electron chi connectivity index (χ0n) is 13.1. The minimum absolute atomic E-state index is 0.0779. The lowest BCUT2D eigenvalue weighted by atomic mass is 9.57. The maximum atomic E-state index is 12.1. The molecule has 1 saturated carbocycles. The highest BCUT2D eigenvalue weighted by atomic mass is 16.6. The number of amides is 1. The van der Waals surface area contributed by atoms with Gasteiger partial charge in [-0.25, -0.2) is 4.79 Å². The molecule has 0 aromatic carbocycles. The molecule has 2 aliphatic rings. The Morgan fingerprint density at radius 1 is 1.35 bits per heavy atom. The van der Waals surface area contributed by atoms with Gasteiger partial charge >= 0.3 is 6.09 Å². The van der Waals surface area contributed by atoms with Crippen LogP contribution in [0.4, 0.5) is 4.79 Å². The lowest BCUT2D eigenvalue weighted by molar-refractivity contribution is -0.147. The molecule has 2 rings (SSSR count). The minimum Gasteiger partial charge on any atom is -0.444 e. The van der Waals surface area contributed by atoms with Crippen LogP contribution >= 0.6 is 0 Å². The fourth-order valence-electron chi connectivity index (χ4n) is 3.34. The zero-order valence-corrected chi connectivity index (χ0v) is 13.1. The standard InChI is InChI=1S/C15H28N2O3/c1-5-19-12-10-11(16)15(12)6-8-17(9-7-15)13(18)20-14(2,3)4/h11-12H,5-10,16H2,1-4H3/t11-,12-/m0/s1. The number of nitrogens with two attached hydrogens (primary N) is 1. The highest BCUT2D eigenvalue weighted by Gasteiger charge is 2.55. The first-order chi connectivity index (χ1) is 9.28. The normalized spacial score (nSPS) is 29.1. The first-order valence-corrected chi connectivity index (χ1v) is 7.63. The molecule has 0 aromatic heterocycles. The Morgan fingerprint density at radius 3 is 2.40 bits per heavy atom. The fraction of sp³-hybridized carbons (Fsp3) is 0.933. The molecule has 5 nitrogen and oxygen atoms in total. The largest absolute Gasteiger partial charge is 0.444 e. The highest BCUT2D eigenvalue weighted by molar-refractivity contribution is 5.68. The van der Waals surface area contributed by atoms with E-state index < -0.39 is 5.60 Å². The van der Waals surface area contributed by atoms with Crippen molar-refractivity contribution in [3.8, 4) is 0 Å². The molecule has 1 aliphatic heterocycles. The second kappa shape index (κ2) is 5.53. The van der Waals surface area contributed by atoms with Gasteiger partial charge in [-0.1, -0.05) is 0 Å². The maximum Gasteiger partial charge on any atom is 0.410 e. The molecule has 1 heterocycles. The molecule has 1 saturated heterocycles. The van der Waals surface area contributed by atoms with Crippen LogP contribution in [-0.4, -0.2) is 48.4 Å². The van der Waals surface area contributed by atoms with Crippen LogP contribution in [-0.2, 0) is 9.47 Å². The molecule has 5 heteroatoms. The number of hydrogen-bond acceptors (Lipinski definition) is 4. The van der Waals surface area contributed by atoms with Crippen LogP contribution in [0.25, 0.3) is 0 Å². The predicted molar refractivity (Wildman–Crippen MR) is 77.5 cm³/mol. The van der Waals surface area contributed by atoms with E-state index >= 15 is 0 Å². The number of ether oxygens (including phenoxy) is 2. The number of likely N-dealkylation sites (tertiary alicyclic amines) is 1. The lowest BCUT2D eigenvalue weighted by Gasteiger charge is -2.57. The summed E-state index contributed by atoms with van der Waals surface area (Å²) in [6.45, 7) is 9.86. The van der Waals surface area contributed by atoms with Crippen molar-refractivity contribution in [3.63, 3.8) is 0 Å². The van der Waals surface area contributed by atoms with Crippen molar-refractivity contribution in [1.82, 2.24) is 4.90 Å². The number of nitrogens with zero attached hydrogens (tertiary/aromatic N) is 1. The minimum atomic E-state index is -0.438. The first kappa shape index (κ1) is 15.6. The van der Waals surface area contributed by atoms with Crippen molar-refractivity contribution in [2.24, 2.45) is 11.1 Å². The van der Waals surface area contributed by atoms with Gasteiger partial charge in [0.2, 0.25) is 0 Å². The Bertz CT molecular complexity index is 355. The van der Waals surface area contributed by atoms with Crippen LogP contribution < -0.4 is 5.73 Å².